The monoisotopic (exact) mass is 263 g/mol. The molecule has 1 atom stereocenters. The van der Waals surface area contributed by atoms with Gasteiger partial charge >= 0.3 is 0 Å². The minimum Gasteiger partial charge on any atom is -0.497 e. The summed E-state index contributed by atoms with van der Waals surface area (Å²) in [6, 6.07) is 7.60. The lowest BCUT2D eigenvalue weighted by molar-refractivity contribution is 0.204. The number of aromatic nitrogens is 1. The largest absolute Gasteiger partial charge is 0.497 e. The number of aliphatic hydroxyl groups is 1. The molecule has 0 saturated heterocycles. The van der Waals surface area contributed by atoms with Crippen LogP contribution in [0.2, 0.25) is 0 Å². The zero-order valence-electron chi connectivity index (χ0n) is 10.6. The molecule has 0 aliphatic heterocycles. The van der Waals surface area contributed by atoms with Crippen LogP contribution >= 0.6 is 0 Å². The van der Waals surface area contributed by atoms with Gasteiger partial charge < -0.3 is 14.6 Å². The van der Waals surface area contributed by atoms with Crippen molar-refractivity contribution in [2.75, 3.05) is 14.2 Å². The lowest BCUT2D eigenvalue weighted by Crippen LogP contribution is -2.07. The van der Waals surface area contributed by atoms with E-state index in [0.717, 1.165) is 0 Å². The van der Waals surface area contributed by atoms with Crippen molar-refractivity contribution in [1.82, 2.24) is 4.98 Å². The topological polar surface area (TPSA) is 51.6 Å². The van der Waals surface area contributed by atoms with Gasteiger partial charge in [0.1, 0.15) is 29.1 Å². The molecule has 1 heterocycles. The van der Waals surface area contributed by atoms with Gasteiger partial charge in [0.15, 0.2) is 0 Å². The molecular formula is C14H14FNO3. The maximum absolute atomic E-state index is 13.9. The molecule has 19 heavy (non-hydrogen) atoms. The molecule has 1 N–H and O–H groups in total. The number of aliphatic hydroxyl groups excluding tert-OH is 1. The highest BCUT2D eigenvalue weighted by Crippen LogP contribution is 2.30. The van der Waals surface area contributed by atoms with Crippen molar-refractivity contribution >= 4 is 0 Å². The fourth-order valence-corrected chi connectivity index (χ4v) is 1.78. The highest BCUT2D eigenvalue weighted by Gasteiger charge is 2.20. The molecule has 0 aliphatic carbocycles. The van der Waals surface area contributed by atoms with Crippen molar-refractivity contribution < 1.29 is 19.0 Å². The van der Waals surface area contributed by atoms with Crippen molar-refractivity contribution in [1.29, 1.82) is 0 Å². The standard InChI is InChI=1S/C14H14FNO3/c1-18-9-5-6-10(11(15)8-9)14(17)13-12(19-2)4-3-7-16-13/h3-8,14,17H,1-2H3. The van der Waals surface area contributed by atoms with E-state index < -0.39 is 11.9 Å². The number of rotatable bonds is 4. The Morgan fingerprint density at radius 2 is 2.00 bits per heavy atom. The Bertz CT molecular complexity index is 574. The predicted octanol–water partition coefficient (Wildman–Crippen LogP) is 2.32. The molecule has 5 heteroatoms. The minimum atomic E-state index is -1.19. The lowest BCUT2D eigenvalue weighted by atomic mass is 10.0. The van der Waals surface area contributed by atoms with Gasteiger partial charge in [0, 0.05) is 17.8 Å². The first-order valence-electron chi connectivity index (χ1n) is 5.67. The van der Waals surface area contributed by atoms with Crippen LogP contribution in [-0.2, 0) is 0 Å². The molecule has 2 aromatic rings. The number of halogens is 1. The normalized spacial score (nSPS) is 12.0. The molecule has 0 amide bonds. The number of hydrogen-bond donors (Lipinski definition) is 1. The molecule has 0 saturated carbocycles. The van der Waals surface area contributed by atoms with Crippen molar-refractivity contribution in [2.24, 2.45) is 0 Å². The van der Waals surface area contributed by atoms with Crippen molar-refractivity contribution in [3.8, 4) is 11.5 Å². The third kappa shape index (κ3) is 2.66. The number of pyridine rings is 1. The first-order chi connectivity index (χ1) is 9.17. The number of nitrogens with zero attached hydrogens (tertiary/aromatic N) is 1. The maximum Gasteiger partial charge on any atom is 0.143 e. The summed E-state index contributed by atoms with van der Waals surface area (Å²) in [4.78, 5) is 4.04. The van der Waals surface area contributed by atoms with Gasteiger partial charge in [-0.15, -0.1) is 0 Å². The fourth-order valence-electron chi connectivity index (χ4n) is 1.78. The summed E-state index contributed by atoms with van der Waals surface area (Å²) in [5, 5.41) is 10.2. The van der Waals surface area contributed by atoms with Gasteiger partial charge in [0.2, 0.25) is 0 Å². The third-order valence-corrected chi connectivity index (χ3v) is 2.78. The van der Waals surface area contributed by atoms with Crippen LogP contribution in [0.1, 0.15) is 17.4 Å². The summed E-state index contributed by atoms with van der Waals surface area (Å²) in [6.45, 7) is 0. The molecule has 1 aromatic carbocycles. The molecule has 0 fully saturated rings. The first-order valence-corrected chi connectivity index (χ1v) is 5.67. The molecule has 100 valence electrons. The maximum atomic E-state index is 13.9. The Balaban J connectivity index is 2.41. The number of hydrogen-bond acceptors (Lipinski definition) is 4. The van der Waals surface area contributed by atoms with Crippen molar-refractivity contribution in [3.63, 3.8) is 0 Å². The number of methoxy groups -OCH3 is 2. The zero-order valence-corrected chi connectivity index (χ0v) is 10.6. The Morgan fingerprint density at radius 1 is 1.21 bits per heavy atom. The Morgan fingerprint density at radius 3 is 2.63 bits per heavy atom. The van der Waals surface area contributed by atoms with Gasteiger partial charge in [-0.05, 0) is 24.3 Å². The highest BCUT2D eigenvalue weighted by atomic mass is 19.1. The van der Waals surface area contributed by atoms with E-state index >= 15 is 0 Å². The summed E-state index contributed by atoms with van der Waals surface area (Å²) < 4.78 is 23.9. The Labute approximate surface area is 110 Å². The smallest absolute Gasteiger partial charge is 0.143 e. The van der Waals surface area contributed by atoms with Crippen LogP contribution in [0.25, 0.3) is 0 Å². The van der Waals surface area contributed by atoms with Crippen LogP contribution in [0, 0.1) is 5.82 Å². The quantitative estimate of drug-likeness (QED) is 0.919. The van der Waals surface area contributed by atoms with Crippen molar-refractivity contribution in [3.05, 3.63) is 53.6 Å². The first kappa shape index (κ1) is 13.3. The highest BCUT2D eigenvalue weighted by molar-refractivity contribution is 5.38. The second kappa shape index (κ2) is 5.67. The van der Waals surface area contributed by atoms with Crippen LogP contribution < -0.4 is 9.47 Å². The van der Waals surface area contributed by atoms with E-state index in [1.807, 2.05) is 0 Å². The van der Waals surface area contributed by atoms with Gasteiger partial charge in [0.25, 0.3) is 0 Å². The molecule has 0 aliphatic rings. The van der Waals surface area contributed by atoms with E-state index in [1.165, 1.54) is 32.5 Å². The molecule has 1 unspecified atom stereocenters. The van der Waals surface area contributed by atoms with Crippen molar-refractivity contribution in [2.45, 2.75) is 6.10 Å². The van der Waals surface area contributed by atoms with Gasteiger partial charge in [-0.25, -0.2) is 4.39 Å². The second-order valence-electron chi connectivity index (χ2n) is 3.88. The molecule has 1 aromatic heterocycles. The summed E-state index contributed by atoms with van der Waals surface area (Å²) in [5.74, 6) is 0.242. The minimum absolute atomic E-state index is 0.123. The van der Waals surface area contributed by atoms with Crippen LogP contribution in [0.4, 0.5) is 4.39 Å². The van der Waals surface area contributed by atoms with E-state index in [0.29, 0.717) is 11.5 Å². The molecule has 2 rings (SSSR count). The number of benzene rings is 1. The van der Waals surface area contributed by atoms with Gasteiger partial charge in [-0.1, -0.05) is 0 Å². The third-order valence-electron chi connectivity index (χ3n) is 2.78. The van der Waals surface area contributed by atoms with Gasteiger partial charge in [-0.3, -0.25) is 4.98 Å². The Hall–Kier alpha value is -2.14. The lowest BCUT2D eigenvalue weighted by Gasteiger charge is -2.15. The molecule has 0 spiro atoms. The van der Waals surface area contributed by atoms with E-state index in [1.54, 1.807) is 18.2 Å². The Kier molecular flexibility index (Phi) is 3.97. The van der Waals surface area contributed by atoms with Gasteiger partial charge in [-0.2, -0.15) is 0 Å². The molecule has 0 bridgehead atoms. The summed E-state index contributed by atoms with van der Waals surface area (Å²) in [7, 11) is 2.92. The molecule has 0 radical (unpaired) electrons. The summed E-state index contributed by atoms with van der Waals surface area (Å²) >= 11 is 0. The molecule has 4 nitrogen and oxygen atoms in total. The zero-order chi connectivity index (χ0) is 13.8. The van der Waals surface area contributed by atoms with E-state index in [9.17, 15) is 9.50 Å². The second-order valence-corrected chi connectivity index (χ2v) is 3.88. The average Bonchev–Trinajstić information content (AvgIpc) is 2.46. The average molecular weight is 263 g/mol. The summed E-state index contributed by atoms with van der Waals surface area (Å²) in [6.07, 6.45) is 0.324. The van der Waals surface area contributed by atoms with Crippen LogP contribution in [0.5, 0.6) is 11.5 Å². The van der Waals surface area contributed by atoms with Crippen LogP contribution in [0.15, 0.2) is 36.5 Å². The molecular weight excluding hydrogens is 249 g/mol. The SMILES string of the molecule is COc1ccc(C(O)c2ncccc2OC)c(F)c1. The number of ether oxygens (including phenoxy) is 2. The fraction of sp³-hybridized carbons (Fsp3) is 0.214. The predicted molar refractivity (Wildman–Crippen MR) is 67.8 cm³/mol. The van der Waals surface area contributed by atoms with Crippen LogP contribution in [0.3, 0.4) is 0 Å². The van der Waals surface area contributed by atoms with Crippen LogP contribution in [-0.4, -0.2) is 24.3 Å². The van der Waals surface area contributed by atoms with Gasteiger partial charge in [0.05, 0.1) is 14.2 Å². The summed E-state index contributed by atoms with van der Waals surface area (Å²) in [5.41, 5.74) is 0.395. The van der Waals surface area contributed by atoms with E-state index in [2.05, 4.69) is 4.98 Å². The van der Waals surface area contributed by atoms with E-state index in [-0.39, 0.29) is 11.3 Å². The van der Waals surface area contributed by atoms with E-state index in [4.69, 9.17) is 9.47 Å².